The van der Waals surface area contributed by atoms with E-state index < -0.39 is 50.1 Å². The number of anilines is 2. The van der Waals surface area contributed by atoms with Crippen molar-refractivity contribution in [2.75, 3.05) is 37.6 Å². The number of aromatic amines is 2. The topological polar surface area (TPSA) is 331 Å². The maximum Gasteiger partial charge on any atom is 0.269 e. The predicted molar refractivity (Wildman–Crippen MR) is 110 cm³/mol. The van der Waals surface area contributed by atoms with Gasteiger partial charge in [0.15, 0.2) is 0 Å². The van der Waals surface area contributed by atoms with E-state index in [9.17, 15) is 39.6 Å². The van der Waals surface area contributed by atoms with Gasteiger partial charge in [-0.15, -0.1) is 0 Å². The molecule has 0 fully saturated rings. The molecule has 0 saturated carbocycles. The fourth-order valence-electron chi connectivity index (χ4n) is 1.35. The van der Waals surface area contributed by atoms with Crippen LogP contribution in [0.3, 0.4) is 0 Å². The molecule has 0 spiro atoms. The third-order valence-corrected chi connectivity index (χ3v) is 2.54. The number of rotatable bonds is 8. The number of carboxylic acids is 4. The minimum absolute atomic E-state index is 0. The number of carboxylic acid groups (broad SMARTS) is 4. The first-order valence-electron chi connectivity index (χ1n) is 8.69. The second-order valence-corrected chi connectivity index (χ2v) is 5.33. The van der Waals surface area contributed by atoms with Crippen molar-refractivity contribution in [2.45, 2.75) is 0 Å². The molecule has 0 unspecified atom stereocenters. The van der Waals surface area contributed by atoms with Crippen LogP contribution in [0.5, 0.6) is 0 Å². The zero-order chi connectivity index (χ0) is 24.8. The van der Waals surface area contributed by atoms with Gasteiger partial charge >= 0.3 is 0 Å². The molecule has 0 amide bonds. The van der Waals surface area contributed by atoms with Crippen molar-refractivity contribution in [1.82, 2.24) is 10.6 Å². The minimum atomic E-state index is -1.34. The number of hydrogen-bond acceptors (Lipinski definition) is 12. The number of carbonyl (C=O) groups excluding carboxylic acids is 4. The molecular weight excluding hydrogens is 519 g/mol. The number of H-pyrrole nitrogens is 2. The van der Waals surface area contributed by atoms with Crippen LogP contribution in [0.15, 0.2) is 48.8 Å². The molecule has 0 aromatic carbocycles. The second-order valence-electron chi connectivity index (χ2n) is 5.33. The molecule has 0 aliphatic heterocycles. The van der Waals surface area contributed by atoms with Gasteiger partial charge in [-0.25, -0.2) is 9.97 Å². The summed E-state index contributed by atoms with van der Waals surface area (Å²) in [5.41, 5.74) is 10.6. The molecule has 14 N–H and O–H groups in total. The number of aliphatic carboxylic acids is 4. The monoisotopic (exact) mass is 548 g/mol. The van der Waals surface area contributed by atoms with Gasteiger partial charge in [0.25, 0.3) is 11.6 Å². The number of carbonyl (C=O) groups is 4. The van der Waals surface area contributed by atoms with Gasteiger partial charge in [-0.1, -0.05) is 12.1 Å². The second kappa shape index (κ2) is 28.1. The molecule has 0 aliphatic carbocycles. The summed E-state index contributed by atoms with van der Waals surface area (Å²) in [6.45, 7) is -1.86. The molecule has 0 bridgehead atoms. The Morgan fingerprint density at radius 1 is 0.629 bits per heavy atom. The van der Waals surface area contributed by atoms with Gasteiger partial charge in [-0.2, -0.15) is 0 Å². The van der Waals surface area contributed by atoms with Crippen molar-refractivity contribution >= 4 is 35.5 Å². The summed E-state index contributed by atoms with van der Waals surface area (Å²) in [5.74, 6) is -3.95. The summed E-state index contributed by atoms with van der Waals surface area (Å²) in [7, 11) is 0. The fourth-order valence-corrected chi connectivity index (χ4v) is 1.35. The van der Waals surface area contributed by atoms with Crippen LogP contribution in [0.4, 0.5) is 11.6 Å². The van der Waals surface area contributed by atoms with E-state index in [4.69, 9.17) is 11.5 Å². The van der Waals surface area contributed by atoms with Gasteiger partial charge in [0.1, 0.15) is 0 Å². The van der Waals surface area contributed by atoms with Gasteiger partial charge < -0.3 is 61.2 Å². The number of nitrogens with one attached hydrogen (secondary N) is 4. The Morgan fingerprint density at radius 3 is 1.00 bits per heavy atom. The van der Waals surface area contributed by atoms with Crippen LogP contribution in [-0.4, -0.2) is 50.1 Å². The van der Waals surface area contributed by atoms with Crippen molar-refractivity contribution in [3.8, 4) is 0 Å². The Morgan fingerprint density at radius 2 is 0.886 bits per heavy atom. The van der Waals surface area contributed by atoms with E-state index >= 15 is 0 Å². The van der Waals surface area contributed by atoms with Crippen LogP contribution in [0, 0.1) is 0 Å². The van der Waals surface area contributed by atoms with E-state index in [0.29, 0.717) is 11.6 Å². The average molecular weight is 549 g/mol. The van der Waals surface area contributed by atoms with E-state index in [1.165, 1.54) is 0 Å². The van der Waals surface area contributed by atoms with E-state index in [1.807, 2.05) is 24.3 Å². The van der Waals surface area contributed by atoms with Gasteiger partial charge in [0, 0.05) is 54.8 Å². The molecule has 0 radical (unpaired) electrons. The Bertz CT molecular complexity index is 707. The van der Waals surface area contributed by atoms with Crippen LogP contribution in [-0.2, 0) is 46.6 Å². The fraction of sp³-hybridized carbons (Fsp3) is 0.222. The number of hydrogen-bond donors (Lipinski definition) is 4. The number of nitrogens with two attached hydrogens (primary N) is 2. The maximum atomic E-state index is 9.59. The van der Waals surface area contributed by atoms with Gasteiger partial charge in [0.05, 0.1) is 36.3 Å². The standard InChI is InChI=1S/2C5H6N2.2C4H7NO4.Ni.2H2O/c2*6-5-3-1-2-4-7-5;2*6-3(7)1-5-2-4(8)9;;;/h2*1-4H,(H2,6,7);2*5H,1-2H2,(H,6,7)(H,8,9);;2*1H2. The summed E-state index contributed by atoms with van der Waals surface area (Å²) in [5, 5.41) is 42.5. The van der Waals surface area contributed by atoms with Crippen molar-refractivity contribution in [3.63, 3.8) is 0 Å². The molecule has 0 atom stereocenters. The van der Waals surface area contributed by atoms with Crippen LogP contribution in [0.25, 0.3) is 0 Å². The SMILES string of the molecule is Nc1cccc[nH+]1.Nc1cccc[nH+]1.O=C([O-])CNCC(=O)[O-].O=C([O-])CNCC(=O)[O-].[Ni].[OH3+].[OH3+]. The first-order chi connectivity index (χ1) is 15.0. The maximum absolute atomic E-state index is 9.59. The number of aromatic nitrogens is 2. The van der Waals surface area contributed by atoms with Crippen LogP contribution >= 0.6 is 0 Å². The van der Waals surface area contributed by atoms with Gasteiger partial charge in [0.2, 0.25) is 0 Å². The zero-order valence-electron chi connectivity index (χ0n) is 18.3. The van der Waals surface area contributed by atoms with Crippen LogP contribution < -0.4 is 52.5 Å². The average Bonchev–Trinajstić information content (AvgIpc) is 2.69. The molecule has 16 nitrogen and oxygen atoms in total. The molecular formula is C18H30N6NiO10. The minimum Gasteiger partial charge on any atom is -0.549 e. The smallest absolute Gasteiger partial charge is 0.269 e. The Labute approximate surface area is 209 Å². The quantitative estimate of drug-likeness (QED) is 0.176. The molecule has 2 rings (SSSR count). The Kier molecular flexibility index (Phi) is 33.3. The van der Waals surface area contributed by atoms with Crippen molar-refractivity contribution in [1.29, 1.82) is 0 Å². The van der Waals surface area contributed by atoms with Gasteiger partial charge in [-0.05, 0) is 12.1 Å². The molecule has 0 saturated heterocycles. The summed E-state index contributed by atoms with van der Waals surface area (Å²) in [6.07, 6.45) is 3.57. The Balaban J connectivity index is -0.000000112. The van der Waals surface area contributed by atoms with Crippen molar-refractivity contribution in [2.24, 2.45) is 0 Å². The molecule has 2 aromatic heterocycles. The predicted octanol–water partition coefficient (Wildman–Crippen LogP) is -9.53. The van der Waals surface area contributed by atoms with Gasteiger partial charge in [-0.3, -0.25) is 11.5 Å². The Hall–Kier alpha value is -3.89. The molecule has 2 heterocycles. The van der Waals surface area contributed by atoms with Crippen LogP contribution in [0.1, 0.15) is 0 Å². The van der Waals surface area contributed by atoms with Crippen LogP contribution in [0.2, 0.25) is 0 Å². The molecule has 202 valence electrons. The summed E-state index contributed by atoms with van der Waals surface area (Å²) in [6, 6.07) is 11.1. The third-order valence-electron chi connectivity index (χ3n) is 2.54. The molecule has 0 aliphatic rings. The summed E-state index contributed by atoms with van der Waals surface area (Å²) in [4.78, 5) is 44.0. The van der Waals surface area contributed by atoms with Crippen molar-refractivity contribution < 1.29 is 77.0 Å². The number of nitrogen functional groups attached to an aromatic ring is 2. The molecule has 17 heteroatoms. The van der Waals surface area contributed by atoms with E-state index in [2.05, 4.69) is 20.6 Å². The summed E-state index contributed by atoms with van der Waals surface area (Å²) >= 11 is 0. The van der Waals surface area contributed by atoms with E-state index in [1.54, 1.807) is 24.5 Å². The number of pyridine rings is 2. The van der Waals surface area contributed by atoms with Crippen molar-refractivity contribution in [3.05, 3.63) is 48.8 Å². The molecule has 2 aromatic rings. The normalized spacial score (nSPS) is 8.00. The van der Waals surface area contributed by atoms with E-state index in [-0.39, 0.29) is 27.4 Å². The molecule has 35 heavy (non-hydrogen) atoms. The van der Waals surface area contributed by atoms with E-state index in [0.717, 1.165) is 0 Å². The zero-order valence-corrected chi connectivity index (χ0v) is 19.3. The third kappa shape index (κ3) is 40.9. The first-order valence-corrected chi connectivity index (χ1v) is 8.69. The largest absolute Gasteiger partial charge is 0.549 e. The first kappa shape index (κ1) is 41.4. The summed E-state index contributed by atoms with van der Waals surface area (Å²) < 4.78 is 0.